The number of piperidine rings is 1. The Kier molecular flexibility index (Phi) is 19.7. The molecule has 0 aromatic heterocycles. The largest absolute Gasteiger partial charge is 0.461 e. The Morgan fingerprint density at radius 1 is 0.909 bits per heavy atom. The zero-order valence-corrected chi connectivity index (χ0v) is 40.8. The topological polar surface area (TPSA) is 184 Å². The van der Waals surface area contributed by atoms with E-state index in [0.29, 0.717) is 50.5 Å². The number of methoxy groups -OCH3 is 3. The van der Waals surface area contributed by atoms with E-state index in [1.165, 1.54) is 19.1 Å². The minimum absolute atomic E-state index is 0.0212. The molecule has 0 radical (unpaired) electrons. The molecule has 3 aliphatic heterocycles. The summed E-state index contributed by atoms with van der Waals surface area (Å²) >= 11 is 0. The van der Waals surface area contributed by atoms with Crippen molar-refractivity contribution in [3.63, 3.8) is 0 Å². The van der Waals surface area contributed by atoms with Crippen LogP contribution in [0.4, 0.5) is 0 Å². The zero-order chi connectivity index (χ0) is 48.3. The Hall–Kier alpha value is -3.79. The van der Waals surface area contributed by atoms with Crippen molar-refractivity contribution in [1.82, 2.24) is 4.90 Å². The lowest BCUT2D eigenvalue weighted by Gasteiger charge is -2.47. The van der Waals surface area contributed by atoms with Crippen molar-refractivity contribution < 1.29 is 62.6 Å². The monoisotopic (exact) mass is 924 g/mol. The Labute approximate surface area is 392 Å². The summed E-state index contributed by atoms with van der Waals surface area (Å²) < 4.78 is 35.9. The van der Waals surface area contributed by atoms with Crippen molar-refractivity contribution in [3.8, 4) is 0 Å². The standard InChI is InChI=1S/C52H77NO13/c1-10-38-23-31(2)22-32(3)24-44(62-8)48-45(63-9)26-34(5)52(60,66-48)49(57)50(58)53-21-15-14-18-40(53)51(59)65-47(35(6)41(54)29-42(38)55)33(4)25-37-19-20-39(43(27-37)61-7)28-46(56)64-30-36-16-12-11-13-17-36/h11-13,16-17,23,25,32,34-35,37-41,43-45,47-48,54,60H,10,14-15,18-22,24,26-30H2,1-9H3. The maximum atomic E-state index is 14.5. The minimum Gasteiger partial charge on any atom is -0.461 e. The van der Waals surface area contributed by atoms with Gasteiger partial charge in [0.25, 0.3) is 11.7 Å². The number of nitrogens with zero attached hydrogens (tertiary/aromatic N) is 1. The van der Waals surface area contributed by atoms with Crippen molar-refractivity contribution >= 4 is 29.4 Å². The summed E-state index contributed by atoms with van der Waals surface area (Å²) in [6, 6.07) is 8.36. The van der Waals surface area contributed by atoms with E-state index >= 15 is 0 Å². The van der Waals surface area contributed by atoms with Gasteiger partial charge in [-0.15, -0.1) is 0 Å². The van der Waals surface area contributed by atoms with Gasteiger partial charge in [0.2, 0.25) is 5.79 Å². The molecular formula is C52H77NO13. The predicted molar refractivity (Wildman–Crippen MR) is 246 cm³/mol. The van der Waals surface area contributed by atoms with E-state index in [4.69, 9.17) is 28.4 Å². The molecule has 1 aliphatic carbocycles. The first-order valence-electron chi connectivity index (χ1n) is 24.2. The smallest absolute Gasteiger partial charge is 0.329 e. The van der Waals surface area contributed by atoms with E-state index in [0.717, 1.165) is 17.6 Å². The maximum Gasteiger partial charge on any atom is 0.329 e. The number of amides is 1. The van der Waals surface area contributed by atoms with Crippen LogP contribution < -0.4 is 0 Å². The van der Waals surface area contributed by atoms with Gasteiger partial charge in [0.05, 0.1) is 30.8 Å². The molecule has 66 heavy (non-hydrogen) atoms. The average molecular weight is 924 g/mol. The Balaban J connectivity index is 1.44. The summed E-state index contributed by atoms with van der Waals surface area (Å²) in [5, 5.41) is 24.0. The summed E-state index contributed by atoms with van der Waals surface area (Å²) in [4.78, 5) is 71.3. The van der Waals surface area contributed by atoms with Crippen LogP contribution in [0.5, 0.6) is 0 Å². The summed E-state index contributed by atoms with van der Waals surface area (Å²) in [6.45, 7) is 11.5. The first-order chi connectivity index (χ1) is 31.4. The van der Waals surface area contributed by atoms with Gasteiger partial charge in [0, 0.05) is 52.0 Å². The van der Waals surface area contributed by atoms with Crippen LogP contribution in [0.25, 0.3) is 0 Å². The lowest BCUT2D eigenvalue weighted by atomic mass is 9.77. The van der Waals surface area contributed by atoms with Crippen LogP contribution in [0, 0.1) is 35.5 Å². The Bertz CT molecular complexity index is 1870. The molecule has 1 amide bonds. The number of cyclic esters (lactones) is 1. The second kappa shape index (κ2) is 24.5. The van der Waals surface area contributed by atoms with E-state index in [1.807, 2.05) is 63.3 Å². The SMILES string of the molecule is CCC1C=C(C)CC(C)CC(OC)C2OC(O)(C(=O)C(=O)N3CCCCC3C(=O)OC(C(C)=CC3CCC(CC(=O)OCc4ccccc4)C(OC)C3)C(C)C(O)CC1=O)C(C)CC2OC. The fraction of sp³-hybridized carbons (Fsp3) is 0.712. The summed E-state index contributed by atoms with van der Waals surface area (Å²) in [6.07, 6.45) is 4.68. The number of Topliss-reactive ketones (excluding diaryl/α,β-unsaturated/α-hetero) is 2. The lowest BCUT2D eigenvalue weighted by molar-refractivity contribution is -0.302. The van der Waals surface area contributed by atoms with Crippen molar-refractivity contribution in [2.24, 2.45) is 35.5 Å². The molecule has 14 unspecified atom stereocenters. The number of esters is 2. The van der Waals surface area contributed by atoms with Gasteiger partial charge >= 0.3 is 11.9 Å². The summed E-state index contributed by atoms with van der Waals surface area (Å²) in [5.74, 6) is -8.01. The molecule has 1 aromatic carbocycles. The number of aliphatic hydroxyl groups excluding tert-OH is 1. The number of allylic oxidation sites excluding steroid dienone is 3. The third-order valence-electron chi connectivity index (χ3n) is 14.7. The van der Waals surface area contributed by atoms with E-state index < -0.39 is 77.8 Å². The molecule has 1 aromatic rings. The highest BCUT2D eigenvalue weighted by molar-refractivity contribution is 6.39. The van der Waals surface area contributed by atoms with Crippen molar-refractivity contribution in [3.05, 3.63) is 59.2 Å². The normalized spacial score (nSPS) is 36.1. The van der Waals surface area contributed by atoms with E-state index in [2.05, 4.69) is 6.92 Å². The van der Waals surface area contributed by atoms with Crippen LogP contribution in [0.2, 0.25) is 0 Å². The number of fused-ring (bicyclic) bond motifs is 3. The molecule has 14 atom stereocenters. The third kappa shape index (κ3) is 13.3. The molecule has 4 aliphatic rings. The predicted octanol–water partition coefficient (Wildman–Crippen LogP) is 6.86. The number of benzene rings is 1. The Morgan fingerprint density at radius 3 is 2.26 bits per heavy atom. The second-order valence-electron chi connectivity index (χ2n) is 19.7. The minimum atomic E-state index is -2.52. The highest BCUT2D eigenvalue weighted by Crippen LogP contribution is 2.40. The molecule has 5 rings (SSSR count). The lowest BCUT2D eigenvalue weighted by Crippen LogP contribution is -2.64. The van der Waals surface area contributed by atoms with E-state index in [1.54, 1.807) is 21.0 Å². The van der Waals surface area contributed by atoms with Gasteiger partial charge in [-0.2, -0.15) is 0 Å². The molecule has 2 bridgehead atoms. The number of hydrogen-bond acceptors (Lipinski definition) is 13. The van der Waals surface area contributed by atoms with Crippen LogP contribution in [-0.4, -0.2) is 121 Å². The van der Waals surface area contributed by atoms with E-state index in [-0.39, 0.29) is 74.4 Å². The van der Waals surface area contributed by atoms with Gasteiger partial charge in [-0.1, -0.05) is 75.8 Å². The van der Waals surface area contributed by atoms with Crippen molar-refractivity contribution in [1.29, 1.82) is 0 Å². The molecule has 0 spiro atoms. The van der Waals surface area contributed by atoms with Gasteiger partial charge in [0.1, 0.15) is 30.6 Å². The molecule has 2 N–H and O–H groups in total. The average Bonchev–Trinajstić information content (AvgIpc) is 3.31. The first kappa shape index (κ1) is 53.2. The molecular weight excluding hydrogens is 847 g/mol. The summed E-state index contributed by atoms with van der Waals surface area (Å²) in [7, 11) is 4.70. The second-order valence-corrected chi connectivity index (χ2v) is 19.7. The van der Waals surface area contributed by atoms with Gasteiger partial charge < -0.3 is 43.5 Å². The van der Waals surface area contributed by atoms with Crippen LogP contribution in [-0.2, 0) is 59.0 Å². The maximum absolute atomic E-state index is 14.5. The highest BCUT2D eigenvalue weighted by Gasteiger charge is 2.56. The molecule has 14 nitrogen and oxygen atoms in total. The van der Waals surface area contributed by atoms with Crippen molar-refractivity contribution in [2.75, 3.05) is 27.9 Å². The number of aliphatic hydroxyl groups is 2. The summed E-state index contributed by atoms with van der Waals surface area (Å²) in [5.41, 5.74) is 2.56. The number of hydrogen-bond donors (Lipinski definition) is 2. The Morgan fingerprint density at radius 2 is 1.59 bits per heavy atom. The highest BCUT2D eigenvalue weighted by atomic mass is 16.7. The van der Waals surface area contributed by atoms with Gasteiger partial charge in [-0.05, 0) is 107 Å². The zero-order valence-electron chi connectivity index (χ0n) is 40.8. The molecule has 3 fully saturated rings. The van der Waals surface area contributed by atoms with Crippen LogP contribution in [0.3, 0.4) is 0 Å². The van der Waals surface area contributed by atoms with Crippen LogP contribution in [0.15, 0.2) is 53.6 Å². The van der Waals surface area contributed by atoms with Gasteiger partial charge in [-0.3, -0.25) is 19.2 Å². The quantitative estimate of drug-likeness (QED) is 0.141. The number of carbonyl (C=O) groups is 5. The number of rotatable bonds is 10. The number of ketones is 2. The van der Waals surface area contributed by atoms with Gasteiger partial charge in [0.15, 0.2) is 0 Å². The van der Waals surface area contributed by atoms with Gasteiger partial charge in [-0.25, -0.2) is 4.79 Å². The molecule has 1 saturated carbocycles. The van der Waals surface area contributed by atoms with Crippen molar-refractivity contribution in [2.45, 2.75) is 174 Å². The third-order valence-corrected chi connectivity index (χ3v) is 14.7. The molecule has 2 saturated heterocycles. The fourth-order valence-corrected chi connectivity index (χ4v) is 10.7. The molecule has 14 heteroatoms. The van der Waals surface area contributed by atoms with Crippen LogP contribution in [0.1, 0.15) is 124 Å². The molecule has 368 valence electrons. The van der Waals surface area contributed by atoms with E-state index in [9.17, 15) is 34.2 Å². The first-order valence-corrected chi connectivity index (χ1v) is 24.2. The van der Waals surface area contributed by atoms with Crippen LogP contribution >= 0.6 is 0 Å². The molecule has 3 heterocycles. The fourth-order valence-electron chi connectivity index (χ4n) is 10.7. The number of ether oxygens (including phenoxy) is 6. The number of carbonyl (C=O) groups excluding carboxylic acids is 5.